The van der Waals surface area contributed by atoms with Gasteiger partial charge in [-0.15, -0.1) is 0 Å². The zero-order valence-corrected chi connectivity index (χ0v) is 10.6. The molecule has 0 saturated carbocycles. The number of alkyl halides is 1. The smallest absolute Gasteiger partial charge is 0.322 e. The third-order valence-corrected chi connectivity index (χ3v) is 2.17. The molecule has 0 N–H and O–H groups in total. The van der Waals surface area contributed by atoms with Crippen LogP contribution in [0.1, 0.15) is 20.3 Å². The van der Waals surface area contributed by atoms with Crippen molar-refractivity contribution in [2.24, 2.45) is 5.92 Å². The van der Waals surface area contributed by atoms with Gasteiger partial charge in [-0.05, 0) is 20.3 Å². The molecule has 0 saturated heterocycles. The Morgan fingerprint density at radius 2 is 2.00 bits per heavy atom. The van der Waals surface area contributed by atoms with Crippen LogP contribution in [0.15, 0.2) is 0 Å². The molecule has 0 radical (unpaired) electrons. The molecule has 3 nitrogen and oxygen atoms in total. The maximum Gasteiger partial charge on any atom is 0.322 e. The predicted molar refractivity (Wildman–Crippen MR) is 60.7 cm³/mol. The summed E-state index contributed by atoms with van der Waals surface area (Å²) in [4.78, 5) is 11.3. The fourth-order valence-electron chi connectivity index (χ4n) is 0.871. The van der Waals surface area contributed by atoms with E-state index in [0.717, 1.165) is 6.42 Å². The Morgan fingerprint density at radius 1 is 1.33 bits per heavy atom. The number of ether oxygens (including phenoxy) is 2. The summed E-state index contributed by atoms with van der Waals surface area (Å²) >= 11 is 3.22. The lowest BCUT2D eigenvalue weighted by atomic mass is 10.2. The fraction of sp³-hybridized carbons (Fsp3) is 0.727. The molecule has 0 amide bonds. The van der Waals surface area contributed by atoms with Crippen LogP contribution >= 0.6 is 15.9 Å². The molecule has 0 spiro atoms. The van der Waals surface area contributed by atoms with E-state index < -0.39 is 4.32 Å². The van der Waals surface area contributed by atoms with Gasteiger partial charge in [0.15, 0.2) is 0 Å². The molecule has 4 heteroatoms. The van der Waals surface area contributed by atoms with E-state index in [4.69, 9.17) is 9.47 Å². The van der Waals surface area contributed by atoms with Gasteiger partial charge in [0.2, 0.25) is 0 Å². The number of hydrogen-bond acceptors (Lipinski definition) is 3. The number of carbonyl (C=O) groups is 1. The molecule has 1 rings (SSSR count). The molecule has 0 aromatic heterocycles. The third kappa shape index (κ3) is 5.81. The quantitative estimate of drug-likeness (QED) is 0.307. The number of esters is 1. The Hall–Kier alpha value is -0.530. The Labute approximate surface area is 98.6 Å². The fourth-order valence-corrected chi connectivity index (χ4v) is 0.986. The van der Waals surface area contributed by atoms with Gasteiger partial charge in [0, 0.05) is 6.61 Å². The van der Waals surface area contributed by atoms with Crippen molar-refractivity contribution in [2.45, 2.75) is 24.6 Å². The van der Waals surface area contributed by atoms with E-state index in [2.05, 4.69) is 27.8 Å². The highest BCUT2D eigenvalue weighted by molar-refractivity contribution is 9.10. The second kappa shape index (κ2) is 5.53. The van der Waals surface area contributed by atoms with Gasteiger partial charge in [0.1, 0.15) is 10.9 Å². The van der Waals surface area contributed by atoms with Crippen LogP contribution in [0.25, 0.3) is 0 Å². The Balaban J connectivity index is 1.89. The van der Waals surface area contributed by atoms with Gasteiger partial charge in [-0.25, -0.2) is 0 Å². The average molecular weight is 275 g/mol. The Kier molecular flexibility index (Phi) is 4.62. The van der Waals surface area contributed by atoms with Gasteiger partial charge in [-0.2, -0.15) is 0 Å². The van der Waals surface area contributed by atoms with E-state index in [9.17, 15) is 4.79 Å². The highest BCUT2D eigenvalue weighted by Crippen LogP contribution is 2.17. The highest BCUT2D eigenvalue weighted by Gasteiger charge is 2.25. The molecule has 0 fully saturated rings. The van der Waals surface area contributed by atoms with E-state index in [1.165, 1.54) is 0 Å². The van der Waals surface area contributed by atoms with Crippen molar-refractivity contribution in [3.05, 3.63) is 0 Å². The zero-order valence-electron chi connectivity index (χ0n) is 9.01. The summed E-state index contributed by atoms with van der Waals surface area (Å²) in [5.41, 5.74) is 0. The Bertz CT molecular complexity index is 274. The number of carbonyl (C=O) groups excluding carboxylic acids is 1. The summed E-state index contributed by atoms with van der Waals surface area (Å²) < 4.78 is 9.65. The van der Waals surface area contributed by atoms with E-state index in [-0.39, 0.29) is 5.97 Å². The van der Waals surface area contributed by atoms with Crippen LogP contribution in [0.3, 0.4) is 0 Å². The van der Waals surface area contributed by atoms with Crippen molar-refractivity contribution >= 4 is 21.9 Å². The van der Waals surface area contributed by atoms with Gasteiger partial charge < -0.3 is 9.47 Å². The largest absolute Gasteiger partial charge is 0.462 e. The maximum atomic E-state index is 11.3. The predicted octanol–water partition coefficient (Wildman–Crippen LogP) is 1.74. The number of hydrogen-bond donors (Lipinski definition) is 0. The van der Waals surface area contributed by atoms with E-state index in [0.29, 0.717) is 25.7 Å². The lowest BCUT2D eigenvalue weighted by molar-refractivity contribution is -0.146. The lowest BCUT2D eigenvalue weighted by Crippen LogP contribution is -2.27. The van der Waals surface area contributed by atoms with Gasteiger partial charge in [-0.1, -0.05) is 27.8 Å². The minimum Gasteiger partial charge on any atom is -0.462 e. The van der Waals surface area contributed by atoms with Crippen molar-refractivity contribution in [2.75, 3.05) is 19.8 Å². The first kappa shape index (κ1) is 12.5. The van der Waals surface area contributed by atoms with Gasteiger partial charge >= 0.3 is 5.97 Å². The highest BCUT2D eigenvalue weighted by atomic mass is 79.9. The van der Waals surface area contributed by atoms with E-state index in [1.54, 1.807) is 13.8 Å². The average Bonchev–Trinajstić information content (AvgIpc) is 2.92. The van der Waals surface area contributed by atoms with Crippen LogP contribution in [0.4, 0.5) is 0 Å². The van der Waals surface area contributed by atoms with E-state index in [1.807, 2.05) is 0 Å². The summed E-state index contributed by atoms with van der Waals surface area (Å²) in [6.45, 7) is 4.92. The number of halogens is 1. The SMILES string of the molecule is CC(C)(Br)C(=O)OCCOCCC1C#C1. The van der Waals surface area contributed by atoms with Crippen molar-refractivity contribution in [3.63, 3.8) is 0 Å². The molecule has 0 bridgehead atoms. The summed E-state index contributed by atoms with van der Waals surface area (Å²) in [5, 5.41) is 0. The van der Waals surface area contributed by atoms with Gasteiger partial charge in [0.05, 0.1) is 12.5 Å². The molecule has 0 aromatic rings. The molecular formula is C11H15BrO3. The molecule has 0 atom stereocenters. The van der Waals surface area contributed by atoms with Crippen molar-refractivity contribution in [1.82, 2.24) is 0 Å². The monoisotopic (exact) mass is 274 g/mol. The normalized spacial score (nSPS) is 14.3. The minimum atomic E-state index is -0.616. The van der Waals surface area contributed by atoms with E-state index >= 15 is 0 Å². The molecule has 1 aliphatic carbocycles. The van der Waals surface area contributed by atoms with Crippen LogP contribution in [-0.2, 0) is 14.3 Å². The molecule has 84 valence electrons. The van der Waals surface area contributed by atoms with Gasteiger partial charge in [-0.3, -0.25) is 4.79 Å². The van der Waals surface area contributed by atoms with Crippen LogP contribution in [0.2, 0.25) is 0 Å². The summed E-state index contributed by atoms with van der Waals surface area (Å²) in [6, 6.07) is 0. The summed E-state index contributed by atoms with van der Waals surface area (Å²) in [7, 11) is 0. The first-order valence-corrected chi connectivity index (χ1v) is 5.74. The van der Waals surface area contributed by atoms with Crippen molar-refractivity contribution in [1.29, 1.82) is 0 Å². The first-order chi connectivity index (χ1) is 7.00. The van der Waals surface area contributed by atoms with Crippen LogP contribution in [0, 0.1) is 17.8 Å². The molecule has 0 heterocycles. The first-order valence-electron chi connectivity index (χ1n) is 4.95. The second-order valence-electron chi connectivity index (χ2n) is 3.85. The van der Waals surface area contributed by atoms with Crippen LogP contribution < -0.4 is 0 Å². The van der Waals surface area contributed by atoms with Gasteiger partial charge in [0.25, 0.3) is 0 Å². The topological polar surface area (TPSA) is 35.5 Å². The molecule has 0 unspecified atom stereocenters. The maximum absolute atomic E-state index is 11.3. The molecule has 1 aliphatic rings. The summed E-state index contributed by atoms with van der Waals surface area (Å²) in [5.74, 6) is 6.01. The van der Waals surface area contributed by atoms with Crippen LogP contribution in [-0.4, -0.2) is 30.1 Å². The Morgan fingerprint density at radius 3 is 2.53 bits per heavy atom. The standard InChI is InChI=1S/C11H15BrO3/c1-11(2,12)10(13)15-8-7-14-6-5-9-3-4-9/h9H,5-8H2,1-2H3. The zero-order chi connectivity index (χ0) is 11.3. The molecule has 0 aliphatic heterocycles. The molecule has 15 heavy (non-hydrogen) atoms. The van der Waals surface area contributed by atoms with Crippen LogP contribution in [0.5, 0.6) is 0 Å². The minimum absolute atomic E-state index is 0.267. The van der Waals surface area contributed by atoms with Crippen molar-refractivity contribution in [3.8, 4) is 11.8 Å². The molecule has 0 aromatic carbocycles. The third-order valence-electron chi connectivity index (χ3n) is 1.85. The molecular weight excluding hydrogens is 260 g/mol. The number of rotatable bonds is 7. The summed E-state index contributed by atoms with van der Waals surface area (Å²) in [6.07, 6.45) is 0.928. The second-order valence-corrected chi connectivity index (χ2v) is 5.83. The lowest BCUT2D eigenvalue weighted by Gasteiger charge is -2.14. The van der Waals surface area contributed by atoms with Crippen molar-refractivity contribution < 1.29 is 14.3 Å².